The molecule has 1 aromatic carbocycles. The van der Waals surface area contributed by atoms with Crippen molar-refractivity contribution < 1.29 is 4.74 Å². The van der Waals surface area contributed by atoms with Gasteiger partial charge in [0.15, 0.2) is 0 Å². The second-order valence-electron chi connectivity index (χ2n) is 4.41. The molecule has 0 amide bonds. The van der Waals surface area contributed by atoms with E-state index in [1.165, 1.54) is 12.8 Å². The third kappa shape index (κ3) is 3.70. The molecule has 3 heteroatoms. The highest BCUT2D eigenvalue weighted by molar-refractivity contribution is 5.79. The zero-order chi connectivity index (χ0) is 12.6. The number of ether oxygens (including phenoxy) is 1. The average Bonchev–Trinajstić information content (AvgIpc) is 2.42. The van der Waals surface area contributed by atoms with Crippen molar-refractivity contribution in [2.45, 2.75) is 25.7 Å². The number of rotatable bonds is 7. The zero-order valence-electron chi connectivity index (χ0n) is 10.6. The lowest BCUT2D eigenvalue weighted by molar-refractivity contribution is 0.305. The van der Waals surface area contributed by atoms with E-state index in [4.69, 9.17) is 10.5 Å². The molecule has 2 N–H and O–H groups in total. The van der Waals surface area contributed by atoms with Crippen molar-refractivity contribution in [3.63, 3.8) is 0 Å². The van der Waals surface area contributed by atoms with Gasteiger partial charge in [0.2, 0.25) is 0 Å². The molecule has 0 atom stereocenters. The molecule has 18 heavy (non-hydrogen) atoms. The minimum absolute atomic E-state index is 0.767. The van der Waals surface area contributed by atoms with E-state index in [-0.39, 0.29) is 0 Å². The zero-order valence-corrected chi connectivity index (χ0v) is 10.6. The number of hydrogen-bond acceptors (Lipinski definition) is 3. The van der Waals surface area contributed by atoms with Crippen LogP contribution in [0.5, 0.6) is 5.75 Å². The summed E-state index contributed by atoms with van der Waals surface area (Å²) in [6.45, 7) is 1.56. The third-order valence-corrected chi connectivity index (χ3v) is 2.94. The molecule has 0 aliphatic heterocycles. The van der Waals surface area contributed by atoms with Crippen LogP contribution in [0, 0.1) is 0 Å². The Morgan fingerprint density at radius 3 is 2.83 bits per heavy atom. The molecule has 0 unspecified atom stereocenters. The predicted octanol–water partition coefficient (Wildman–Crippen LogP) is 3.13. The number of unbranched alkanes of at least 4 members (excludes halogenated alkanes) is 3. The van der Waals surface area contributed by atoms with Gasteiger partial charge < -0.3 is 10.5 Å². The Morgan fingerprint density at radius 2 is 1.94 bits per heavy atom. The maximum atomic E-state index is 5.72. The lowest BCUT2D eigenvalue weighted by Crippen LogP contribution is -2.00. The number of benzene rings is 1. The van der Waals surface area contributed by atoms with Gasteiger partial charge in [0.25, 0.3) is 0 Å². The van der Waals surface area contributed by atoms with Crippen molar-refractivity contribution in [2.75, 3.05) is 13.2 Å². The summed E-state index contributed by atoms with van der Waals surface area (Å²) in [4.78, 5) is 4.32. The molecule has 0 radical (unpaired) electrons. The molecule has 2 aromatic rings. The first-order valence-electron chi connectivity index (χ1n) is 6.58. The van der Waals surface area contributed by atoms with Crippen LogP contribution in [0.3, 0.4) is 0 Å². The monoisotopic (exact) mass is 244 g/mol. The fourth-order valence-corrected chi connectivity index (χ4v) is 1.93. The Bertz CT molecular complexity index is 485. The van der Waals surface area contributed by atoms with Crippen LogP contribution in [0.15, 0.2) is 36.5 Å². The summed E-state index contributed by atoms with van der Waals surface area (Å²) in [5.74, 6) is 0.903. The van der Waals surface area contributed by atoms with E-state index in [0.29, 0.717) is 0 Å². The van der Waals surface area contributed by atoms with Crippen LogP contribution >= 0.6 is 0 Å². The van der Waals surface area contributed by atoms with Crippen molar-refractivity contribution in [3.8, 4) is 5.75 Å². The van der Waals surface area contributed by atoms with Gasteiger partial charge in [-0.25, -0.2) is 0 Å². The Kier molecular flexibility index (Phi) is 4.97. The van der Waals surface area contributed by atoms with E-state index in [0.717, 1.165) is 42.6 Å². The van der Waals surface area contributed by atoms with E-state index in [1.807, 2.05) is 24.3 Å². The molecule has 1 heterocycles. The quantitative estimate of drug-likeness (QED) is 0.761. The van der Waals surface area contributed by atoms with Crippen LogP contribution in [0.4, 0.5) is 0 Å². The van der Waals surface area contributed by atoms with Gasteiger partial charge in [0, 0.05) is 17.6 Å². The molecule has 2 rings (SSSR count). The molecular weight excluding hydrogens is 224 g/mol. The van der Waals surface area contributed by atoms with Gasteiger partial charge >= 0.3 is 0 Å². The van der Waals surface area contributed by atoms with E-state index in [1.54, 1.807) is 6.20 Å². The molecule has 0 aliphatic rings. The number of nitrogens with zero attached hydrogens (tertiary/aromatic N) is 1. The van der Waals surface area contributed by atoms with Gasteiger partial charge in [0.1, 0.15) is 5.75 Å². The maximum Gasteiger partial charge on any atom is 0.121 e. The first kappa shape index (κ1) is 12.8. The van der Waals surface area contributed by atoms with Crippen molar-refractivity contribution in [1.82, 2.24) is 4.98 Å². The van der Waals surface area contributed by atoms with Gasteiger partial charge in [-0.2, -0.15) is 0 Å². The highest BCUT2D eigenvalue weighted by Gasteiger charge is 1.98. The summed E-state index contributed by atoms with van der Waals surface area (Å²) in [6.07, 6.45) is 6.38. The Balaban J connectivity index is 1.81. The second-order valence-corrected chi connectivity index (χ2v) is 4.41. The Morgan fingerprint density at radius 1 is 1.06 bits per heavy atom. The van der Waals surface area contributed by atoms with E-state index < -0.39 is 0 Å². The topological polar surface area (TPSA) is 48.1 Å². The van der Waals surface area contributed by atoms with Gasteiger partial charge in [-0.1, -0.05) is 18.9 Å². The molecule has 0 saturated carbocycles. The minimum Gasteiger partial charge on any atom is -0.494 e. The van der Waals surface area contributed by atoms with E-state index in [9.17, 15) is 0 Å². The SMILES string of the molecule is NCCCCCCOc1ccc2cccnc2c1. The molecule has 0 saturated heterocycles. The van der Waals surface area contributed by atoms with Gasteiger partial charge in [0.05, 0.1) is 12.1 Å². The number of pyridine rings is 1. The van der Waals surface area contributed by atoms with Crippen LogP contribution in [-0.2, 0) is 0 Å². The van der Waals surface area contributed by atoms with Crippen molar-refractivity contribution >= 4 is 10.9 Å². The van der Waals surface area contributed by atoms with E-state index in [2.05, 4.69) is 11.1 Å². The second kappa shape index (κ2) is 6.97. The minimum atomic E-state index is 0.767. The van der Waals surface area contributed by atoms with Crippen LogP contribution in [0.2, 0.25) is 0 Å². The number of nitrogens with two attached hydrogens (primary N) is 1. The number of aromatic nitrogens is 1. The maximum absolute atomic E-state index is 5.72. The Labute approximate surface area is 108 Å². The van der Waals surface area contributed by atoms with Crippen molar-refractivity contribution in [1.29, 1.82) is 0 Å². The summed E-state index contributed by atoms with van der Waals surface area (Å²) < 4.78 is 5.72. The molecule has 0 fully saturated rings. The first-order valence-corrected chi connectivity index (χ1v) is 6.58. The summed E-state index contributed by atoms with van der Waals surface area (Å²) in [5, 5.41) is 1.15. The largest absolute Gasteiger partial charge is 0.494 e. The normalized spacial score (nSPS) is 10.7. The van der Waals surface area contributed by atoms with Crippen LogP contribution in [0.25, 0.3) is 10.9 Å². The van der Waals surface area contributed by atoms with Crippen LogP contribution < -0.4 is 10.5 Å². The predicted molar refractivity (Wildman–Crippen MR) is 74.8 cm³/mol. The van der Waals surface area contributed by atoms with Crippen LogP contribution in [-0.4, -0.2) is 18.1 Å². The smallest absolute Gasteiger partial charge is 0.121 e. The highest BCUT2D eigenvalue weighted by Crippen LogP contribution is 2.18. The van der Waals surface area contributed by atoms with Crippen molar-refractivity contribution in [2.24, 2.45) is 5.73 Å². The van der Waals surface area contributed by atoms with Gasteiger partial charge in [-0.3, -0.25) is 4.98 Å². The highest BCUT2D eigenvalue weighted by atomic mass is 16.5. The molecule has 0 spiro atoms. The summed E-state index contributed by atoms with van der Waals surface area (Å²) >= 11 is 0. The number of hydrogen-bond donors (Lipinski definition) is 1. The summed E-state index contributed by atoms with van der Waals surface area (Å²) in [7, 11) is 0. The molecule has 3 nitrogen and oxygen atoms in total. The third-order valence-electron chi connectivity index (χ3n) is 2.94. The van der Waals surface area contributed by atoms with Gasteiger partial charge in [-0.05, 0) is 37.6 Å². The summed E-state index contributed by atoms with van der Waals surface area (Å²) in [6, 6.07) is 10.0. The number of fused-ring (bicyclic) bond motifs is 1. The molecule has 0 aliphatic carbocycles. The lowest BCUT2D eigenvalue weighted by Gasteiger charge is -2.06. The molecular formula is C15H20N2O. The first-order chi connectivity index (χ1) is 8.90. The fourth-order valence-electron chi connectivity index (χ4n) is 1.93. The van der Waals surface area contributed by atoms with Gasteiger partial charge in [-0.15, -0.1) is 0 Å². The summed E-state index contributed by atoms with van der Waals surface area (Å²) in [5.41, 5.74) is 6.43. The fraction of sp³-hybridized carbons (Fsp3) is 0.400. The van der Waals surface area contributed by atoms with Crippen molar-refractivity contribution in [3.05, 3.63) is 36.5 Å². The van der Waals surface area contributed by atoms with E-state index >= 15 is 0 Å². The molecule has 0 bridgehead atoms. The average molecular weight is 244 g/mol. The molecule has 1 aromatic heterocycles. The molecule has 96 valence electrons. The Hall–Kier alpha value is -1.61. The lowest BCUT2D eigenvalue weighted by atomic mass is 10.2. The standard InChI is InChI=1S/C15H20N2O/c16-9-3-1-2-4-11-18-14-8-7-13-6-5-10-17-15(13)12-14/h5-8,10,12H,1-4,9,11,16H2. The van der Waals surface area contributed by atoms with Crippen LogP contribution in [0.1, 0.15) is 25.7 Å².